The highest BCUT2D eigenvalue weighted by Crippen LogP contribution is 2.48. The van der Waals surface area contributed by atoms with Crippen LogP contribution in [0.25, 0.3) is 0 Å². The second kappa shape index (κ2) is 7.24. The Kier molecular flexibility index (Phi) is 4.82. The van der Waals surface area contributed by atoms with Gasteiger partial charge >= 0.3 is 5.97 Å². The predicted molar refractivity (Wildman–Crippen MR) is 97.6 cm³/mol. The van der Waals surface area contributed by atoms with Gasteiger partial charge in [0.25, 0.3) is 0 Å². The zero-order valence-corrected chi connectivity index (χ0v) is 15.2. The van der Waals surface area contributed by atoms with Crippen molar-refractivity contribution in [2.75, 3.05) is 37.6 Å². The number of ether oxygens (including phenoxy) is 1. The van der Waals surface area contributed by atoms with Gasteiger partial charge in [0, 0.05) is 45.3 Å². The van der Waals surface area contributed by atoms with Crippen LogP contribution in [0.5, 0.6) is 0 Å². The summed E-state index contributed by atoms with van der Waals surface area (Å²) in [6.07, 6.45) is 8.06. The average molecular weight is 354 g/mol. The maximum atomic E-state index is 12.2. The number of anilines is 1. The van der Waals surface area contributed by atoms with Gasteiger partial charge < -0.3 is 9.64 Å². The van der Waals surface area contributed by atoms with Crippen LogP contribution in [0.2, 0.25) is 0 Å². The summed E-state index contributed by atoms with van der Waals surface area (Å²) in [6.45, 7) is 4.76. The minimum atomic E-state index is -0.138. The van der Waals surface area contributed by atoms with Crippen molar-refractivity contribution in [3.8, 4) is 6.07 Å². The number of nitrogens with zero attached hydrogens (tertiary/aromatic N) is 4. The number of piperazine rings is 1. The summed E-state index contributed by atoms with van der Waals surface area (Å²) >= 11 is 0. The summed E-state index contributed by atoms with van der Waals surface area (Å²) in [6, 6.07) is 5.76. The zero-order valence-electron chi connectivity index (χ0n) is 15.2. The molecule has 3 heterocycles. The number of cyclic esters (lactones) is 1. The summed E-state index contributed by atoms with van der Waals surface area (Å²) in [7, 11) is 0. The molecule has 0 bridgehead atoms. The third-order valence-corrected chi connectivity index (χ3v) is 6.22. The largest absolute Gasteiger partial charge is 0.462 e. The number of esters is 1. The van der Waals surface area contributed by atoms with Crippen molar-refractivity contribution in [3.05, 3.63) is 23.9 Å². The number of rotatable bonds is 4. The van der Waals surface area contributed by atoms with Crippen molar-refractivity contribution in [1.29, 1.82) is 5.26 Å². The molecule has 0 unspecified atom stereocenters. The first-order valence-corrected chi connectivity index (χ1v) is 9.73. The minimum Gasteiger partial charge on any atom is -0.462 e. The van der Waals surface area contributed by atoms with Crippen LogP contribution in [-0.4, -0.2) is 54.7 Å². The normalized spacial score (nSPS) is 25.4. The highest BCUT2D eigenvalue weighted by Gasteiger charge is 2.50. The monoisotopic (exact) mass is 354 g/mol. The fraction of sp³-hybridized carbons (Fsp3) is 0.650. The lowest BCUT2D eigenvalue weighted by Gasteiger charge is -2.35. The topological polar surface area (TPSA) is 69.5 Å². The van der Waals surface area contributed by atoms with Crippen LogP contribution < -0.4 is 4.90 Å². The van der Waals surface area contributed by atoms with Crippen LogP contribution in [0.15, 0.2) is 18.3 Å². The van der Waals surface area contributed by atoms with E-state index in [9.17, 15) is 4.79 Å². The van der Waals surface area contributed by atoms with E-state index in [2.05, 4.69) is 20.9 Å². The molecule has 3 aliphatic rings. The van der Waals surface area contributed by atoms with Crippen LogP contribution in [-0.2, 0) is 9.53 Å². The zero-order chi connectivity index (χ0) is 18.0. The molecule has 4 rings (SSSR count). The molecule has 0 aromatic carbocycles. The van der Waals surface area contributed by atoms with Crippen molar-refractivity contribution in [3.63, 3.8) is 0 Å². The number of carbonyl (C=O) groups excluding carboxylic acids is 1. The minimum absolute atomic E-state index is 0.0632. The van der Waals surface area contributed by atoms with Crippen molar-refractivity contribution in [2.45, 2.75) is 44.6 Å². The molecule has 1 aliphatic carbocycles. The summed E-state index contributed by atoms with van der Waals surface area (Å²) in [5.74, 6) is 0.949. The molecule has 0 amide bonds. The third kappa shape index (κ3) is 3.41. The lowest BCUT2D eigenvalue weighted by molar-refractivity contribution is -0.148. The van der Waals surface area contributed by atoms with Gasteiger partial charge in [0.15, 0.2) is 0 Å². The standard InChI is InChI=1S/C20H26N4O2/c21-15-16-3-7-22-18(13-16)24-11-9-23(10-12-24)8-4-17-14-20(19(25)26-17)5-1-2-6-20/h3,7,13,17H,1-2,4-6,8-12,14H2/t17-/m0/s1. The molecule has 138 valence electrons. The van der Waals surface area contributed by atoms with Crippen LogP contribution in [0.3, 0.4) is 0 Å². The Morgan fingerprint density at radius 2 is 2.04 bits per heavy atom. The first-order valence-electron chi connectivity index (χ1n) is 9.73. The summed E-state index contributed by atoms with van der Waals surface area (Å²) in [5, 5.41) is 9.03. The Morgan fingerprint density at radius 3 is 2.77 bits per heavy atom. The van der Waals surface area contributed by atoms with Gasteiger partial charge in [-0.05, 0) is 31.4 Å². The molecule has 1 spiro atoms. The Hall–Kier alpha value is -2.13. The molecule has 2 aliphatic heterocycles. The molecular weight excluding hydrogens is 328 g/mol. The summed E-state index contributed by atoms with van der Waals surface area (Å²) in [5.41, 5.74) is 0.516. The fourth-order valence-corrected chi connectivity index (χ4v) is 4.65. The van der Waals surface area contributed by atoms with E-state index in [0.29, 0.717) is 5.56 Å². The Balaban J connectivity index is 1.24. The second-order valence-corrected chi connectivity index (χ2v) is 7.85. The van der Waals surface area contributed by atoms with Crippen molar-refractivity contribution < 1.29 is 9.53 Å². The molecule has 1 atom stereocenters. The predicted octanol–water partition coefficient (Wildman–Crippen LogP) is 2.34. The number of hydrogen-bond acceptors (Lipinski definition) is 6. The molecule has 6 nitrogen and oxygen atoms in total. The Morgan fingerprint density at radius 1 is 1.27 bits per heavy atom. The fourth-order valence-electron chi connectivity index (χ4n) is 4.65. The highest BCUT2D eigenvalue weighted by atomic mass is 16.6. The molecule has 1 aromatic heterocycles. The van der Waals surface area contributed by atoms with E-state index in [0.717, 1.165) is 64.2 Å². The highest BCUT2D eigenvalue weighted by molar-refractivity contribution is 5.79. The van der Waals surface area contributed by atoms with Crippen molar-refractivity contribution in [2.24, 2.45) is 5.41 Å². The van der Waals surface area contributed by atoms with Crippen LogP contribution in [0.1, 0.15) is 44.1 Å². The van der Waals surface area contributed by atoms with Gasteiger partial charge in [0.05, 0.1) is 17.0 Å². The maximum absolute atomic E-state index is 12.2. The molecule has 6 heteroatoms. The van der Waals surface area contributed by atoms with Gasteiger partial charge in [-0.1, -0.05) is 12.8 Å². The van der Waals surface area contributed by atoms with E-state index in [1.165, 1.54) is 12.8 Å². The average Bonchev–Trinajstić information content (AvgIpc) is 3.28. The van der Waals surface area contributed by atoms with E-state index in [1.54, 1.807) is 12.3 Å². The third-order valence-electron chi connectivity index (χ3n) is 6.22. The van der Waals surface area contributed by atoms with E-state index in [1.807, 2.05) is 6.07 Å². The number of carbonyl (C=O) groups is 1. The SMILES string of the molecule is N#Cc1ccnc(N2CCN(CC[C@H]3CC4(CCCC4)C(=O)O3)CC2)c1. The quantitative estimate of drug-likeness (QED) is 0.773. The molecule has 26 heavy (non-hydrogen) atoms. The Labute approximate surface area is 154 Å². The van der Waals surface area contributed by atoms with E-state index < -0.39 is 0 Å². The van der Waals surface area contributed by atoms with Crippen LogP contribution in [0.4, 0.5) is 5.82 Å². The second-order valence-electron chi connectivity index (χ2n) is 7.85. The molecule has 2 saturated heterocycles. The van der Waals surface area contributed by atoms with E-state index in [-0.39, 0.29) is 17.5 Å². The van der Waals surface area contributed by atoms with Crippen LogP contribution in [0, 0.1) is 16.7 Å². The maximum Gasteiger partial charge on any atom is 0.312 e. The molecular formula is C20H26N4O2. The molecule has 0 N–H and O–H groups in total. The van der Waals surface area contributed by atoms with E-state index in [4.69, 9.17) is 10.00 Å². The number of nitriles is 1. The van der Waals surface area contributed by atoms with Crippen molar-refractivity contribution >= 4 is 11.8 Å². The number of hydrogen-bond donors (Lipinski definition) is 0. The first-order chi connectivity index (χ1) is 12.7. The number of pyridine rings is 1. The first kappa shape index (κ1) is 17.3. The van der Waals surface area contributed by atoms with Gasteiger partial charge in [0.1, 0.15) is 11.9 Å². The lowest BCUT2D eigenvalue weighted by atomic mass is 9.83. The summed E-state index contributed by atoms with van der Waals surface area (Å²) in [4.78, 5) is 21.3. The lowest BCUT2D eigenvalue weighted by Crippen LogP contribution is -2.47. The van der Waals surface area contributed by atoms with Gasteiger partial charge in [-0.15, -0.1) is 0 Å². The molecule has 0 radical (unpaired) electrons. The van der Waals surface area contributed by atoms with Gasteiger partial charge in [-0.25, -0.2) is 4.98 Å². The van der Waals surface area contributed by atoms with Gasteiger partial charge in [0.2, 0.25) is 0 Å². The Bertz CT molecular complexity index is 700. The van der Waals surface area contributed by atoms with Crippen LogP contribution >= 0.6 is 0 Å². The van der Waals surface area contributed by atoms with E-state index >= 15 is 0 Å². The smallest absolute Gasteiger partial charge is 0.312 e. The number of aromatic nitrogens is 1. The molecule has 1 aromatic rings. The molecule has 3 fully saturated rings. The van der Waals surface area contributed by atoms with Gasteiger partial charge in [-0.3, -0.25) is 9.69 Å². The molecule has 1 saturated carbocycles. The summed E-state index contributed by atoms with van der Waals surface area (Å²) < 4.78 is 5.69. The van der Waals surface area contributed by atoms with Gasteiger partial charge in [-0.2, -0.15) is 5.26 Å². The van der Waals surface area contributed by atoms with Crippen molar-refractivity contribution in [1.82, 2.24) is 9.88 Å².